The quantitative estimate of drug-likeness (QED) is 0.0598. The number of likely N-dealkylation sites (tertiary alicyclic amines) is 1. The number of piperazine rings is 1. The number of amides is 15. The Morgan fingerprint density at radius 3 is 1.64 bits per heavy atom. The normalized spacial score (nSPS) is 24.5. The third-order valence-corrected chi connectivity index (χ3v) is 25.4. The van der Waals surface area contributed by atoms with Crippen LogP contribution in [-0.2, 0) is 25.7 Å². The summed E-state index contributed by atoms with van der Waals surface area (Å²) in [6.45, 7) is 12.2. The second-order valence-corrected chi connectivity index (χ2v) is 33.0. The Morgan fingerprint density at radius 2 is 1.04 bits per heavy atom. The van der Waals surface area contributed by atoms with Crippen LogP contribution in [0.3, 0.4) is 0 Å². The minimum atomic E-state index is -1.06. The summed E-state index contributed by atoms with van der Waals surface area (Å²) in [5.74, 6) is -3.26. The Bertz CT molecular complexity index is 5160. The number of primary amides is 1. The third-order valence-electron chi connectivity index (χ3n) is 25.4. The highest BCUT2D eigenvalue weighted by molar-refractivity contribution is 6.25. The zero-order valence-corrected chi connectivity index (χ0v) is 65.4. The summed E-state index contributed by atoms with van der Waals surface area (Å²) in [7, 11) is 3.50. The van der Waals surface area contributed by atoms with Gasteiger partial charge in [0.2, 0.25) is 23.6 Å². The van der Waals surface area contributed by atoms with Crippen LogP contribution in [0.15, 0.2) is 97.3 Å². The van der Waals surface area contributed by atoms with Gasteiger partial charge in [-0.15, -0.1) is 0 Å². The Balaban J connectivity index is 0.498. The van der Waals surface area contributed by atoms with Crippen LogP contribution in [-0.4, -0.2) is 303 Å². The lowest BCUT2D eigenvalue weighted by atomic mass is 9.97. The van der Waals surface area contributed by atoms with Crippen molar-refractivity contribution in [2.45, 2.75) is 88.2 Å². The van der Waals surface area contributed by atoms with Gasteiger partial charge in [-0.05, 0) is 135 Å². The number of carbonyl (C=O) groups excluding carboxylic acids is 13. The maximum absolute atomic E-state index is 15.0. The van der Waals surface area contributed by atoms with E-state index in [2.05, 4.69) is 68.2 Å². The number of rotatable bonds is 20. The first-order chi connectivity index (χ1) is 57.0. The van der Waals surface area contributed by atoms with Gasteiger partial charge in [0.1, 0.15) is 29.9 Å². The van der Waals surface area contributed by atoms with Gasteiger partial charge in [0, 0.05) is 179 Å². The number of nitrogens with two attached hydrogens (primary N) is 1. The molecule has 12 aliphatic rings. The number of benzene rings is 4. The molecule has 0 spiro atoms. The monoisotopic (exact) mass is 1610 g/mol. The van der Waals surface area contributed by atoms with E-state index >= 15 is 4.79 Å². The Hall–Kier alpha value is -12.7. The molecule has 118 heavy (non-hydrogen) atoms. The maximum Gasteiger partial charge on any atom is 0.321 e. The van der Waals surface area contributed by atoms with Crippen LogP contribution >= 0.6 is 0 Å². The number of likely N-dealkylation sites (N-methyl/N-ethyl adjacent to an activating group) is 2. The number of imide groups is 4. The minimum Gasteiger partial charge on any atom is -0.371 e. The molecule has 2 aromatic heterocycles. The van der Waals surface area contributed by atoms with Gasteiger partial charge in [0.25, 0.3) is 41.4 Å². The molecule has 7 atom stereocenters. The van der Waals surface area contributed by atoms with Crippen molar-refractivity contribution < 1.29 is 62.3 Å². The van der Waals surface area contributed by atoms with Crippen LogP contribution < -0.4 is 51.9 Å². The number of anilines is 8. The lowest BCUT2D eigenvalue weighted by Crippen LogP contribution is -2.56. The Labute approximate surface area is 678 Å². The van der Waals surface area contributed by atoms with Crippen LogP contribution in [0.25, 0.3) is 0 Å². The number of carbonyl (C=O) groups is 13. The number of nitrogens with one attached hydrogen (secondary N) is 5. The van der Waals surface area contributed by atoms with Crippen LogP contribution in [0.2, 0.25) is 0 Å². The molecular weight excluding hydrogens is 1520 g/mol. The molecule has 6 aromatic rings. The highest BCUT2D eigenvalue weighted by Crippen LogP contribution is 2.40. The van der Waals surface area contributed by atoms with Crippen LogP contribution in [0.5, 0.6) is 0 Å². The molecule has 10 saturated heterocycles. The van der Waals surface area contributed by atoms with Crippen molar-refractivity contribution in [1.82, 2.24) is 80.0 Å². The predicted octanol–water partition coefficient (Wildman–Crippen LogP) is 2.55. The van der Waals surface area contributed by atoms with E-state index in [0.717, 1.165) is 85.4 Å². The second-order valence-electron chi connectivity index (χ2n) is 33.0. The molecule has 4 aromatic carbocycles. The van der Waals surface area contributed by atoms with Crippen LogP contribution in [0.1, 0.15) is 130 Å². The first kappa shape index (κ1) is 76.6. The third kappa shape index (κ3) is 14.6. The molecular formula is C82H91N23O13. The molecule has 0 bridgehead atoms. The predicted molar refractivity (Wildman–Crippen MR) is 427 cm³/mol. The van der Waals surface area contributed by atoms with E-state index in [-0.39, 0.29) is 102 Å². The largest absolute Gasteiger partial charge is 0.371 e. The van der Waals surface area contributed by atoms with Crippen molar-refractivity contribution in [3.63, 3.8) is 0 Å². The van der Waals surface area contributed by atoms with Crippen molar-refractivity contribution >= 4 is 123 Å². The van der Waals surface area contributed by atoms with Crippen LogP contribution in [0, 0.1) is 17.8 Å². The molecule has 12 aliphatic heterocycles. The maximum atomic E-state index is 15.0. The molecule has 0 saturated carbocycles. The summed E-state index contributed by atoms with van der Waals surface area (Å²) in [6.07, 6.45) is 5.42. The first-order valence-corrected chi connectivity index (χ1v) is 40.6. The smallest absolute Gasteiger partial charge is 0.321 e. The number of nitrogens with zero attached hydrogens (tertiary/aromatic N) is 17. The average Bonchev–Trinajstić information content (AvgIpc) is 1.60. The van der Waals surface area contributed by atoms with E-state index in [1.807, 2.05) is 35.0 Å². The zero-order chi connectivity index (χ0) is 81.6. The van der Waals surface area contributed by atoms with Crippen molar-refractivity contribution in [1.29, 1.82) is 0 Å². The van der Waals surface area contributed by atoms with Gasteiger partial charge in [0.15, 0.2) is 23.0 Å². The molecule has 14 heterocycles. The Kier molecular flexibility index (Phi) is 20.1. The van der Waals surface area contributed by atoms with E-state index in [4.69, 9.17) is 20.7 Å². The minimum absolute atomic E-state index is 0.00375. The summed E-state index contributed by atoms with van der Waals surface area (Å²) < 4.78 is 0. The molecule has 5 unspecified atom stereocenters. The fourth-order valence-corrected chi connectivity index (χ4v) is 19.2. The first-order valence-electron chi connectivity index (χ1n) is 40.6. The number of urea groups is 2. The van der Waals surface area contributed by atoms with E-state index < -0.39 is 83.4 Å². The summed E-state index contributed by atoms with van der Waals surface area (Å²) in [5, 5.41) is 14.3. The van der Waals surface area contributed by atoms with Crippen molar-refractivity contribution in [3.05, 3.63) is 142 Å². The van der Waals surface area contributed by atoms with Gasteiger partial charge >= 0.3 is 12.1 Å². The van der Waals surface area contributed by atoms with Gasteiger partial charge < -0.3 is 65.8 Å². The molecule has 10 fully saturated rings. The molecule has 0 aliphatic carbocycles. The number of fused-ring (bicyclic) bond motifs is 3. The average molecular weight is 1610 g/mol. The van der Waals surface area contributed by atoms with Crippen molar-refractivity contribution in [2.24, 2.45) is 23.5 Å². The van der Waals surface area contributed by atoms with Crippen molar-refractivity contribution in [2.75, 3.05) is 162 Å². The topological polar surface area (TPSA) is 402 Å². The van der Waals surface area contributed by atoms with E-state index in [9.17, 15) is 57.5 Å². The van der Waals surface area contributed by atoms with E-state index in [1.165, 1.54) is 6.20 Å². The van der Waals surface area contributed by atoms with Crippen molar-refractivity contribution in [3.8, 4) is 0 Å². The van der Waals surface area contributed by atoms with Gasteiger partial charge in [-0.3, -0.25) is 83.0 Å². The molecule has 36 heteroatoms. The highest BCUT2D eigenvalue weighted by atomic mass is 16.2. The highest BCUT2D eigenvalue weighted by Gasteiger charge is 2.49. The standard InChI is InChI=1S/C82H91N23O13/c1-93-25-30-102(81(93)117)55-5-3-23-98(43-55)64-34-85-69(72(89-64)87-52-12-14-53(15-13-52)101-41-49-39-96(40-50(49)42-101)36-47-37-100(38-47)54-16-18-58-60(32-54)80(116)105(78(58)114)62-20-22-67(107)92-74(62)110)75(111)90-65-45-94(2)82(118)103(65)56-6-4-24-99(44-56)63-33-84-68(70(83)108)71(88-63)86-51-10-8-48(9-11-51)76(112)97-28-26-95(27-29-97)35-46-7-17-57-59(31-46)79(115)104(77(57)113)61-19-21-66(106)91-73(61)109/h7-18,31-34,47,49-50,55-56,61-62,65H,3-6,19-30,35-45H2,1-2H3,(H2,83,108)(H,86,88)(H,87,89)(H,90,111)(H,91,106,109)(H,92,107,110)/t49?,50?,55-,56+,61?,62?,65?/m1/s1. The van der Waals surface area contributed by atoms with Gasteiger partial charge in [-0.1, -0.05) is 6.07 Å². The number of aromatic nitrogens is 4. The van der Waals surface area contributed by atoms with Gasteiger partial charge in [-0.2, -0.15) is 0 Å². The fourth-order valence-electron chi connectivity index (χ4n) is 19.2. The fraction of sp³-hybridized carbons (Fsp3) is 0.451. The van der Waals surface area contributed by atoms with Gasteiger partial charge in [-0.25, -0.2) is 29.5 Å². The van der Waals surface area contributed by atoms with E-state index in [1.54, 1.807) is 87.4 Å². The number of hydrogen-bond acceptors (Lipinski definition) is 25. The zero-order valence-electron chi connectivity index (χ0n) is 65.4. The second kappa shape index (κ2) is 31.0. The summed E-state index contributed by atoms with van der Waals surface area (Å²) in [6, 6.07) is 22.4. The lowest BCUT2D eigenvalue weighted by Gasteiger charge is -2.43. The molecule has 0 radical (unpaired) electrons. The number of hydrogen-bond donors (Lipinski definition) is 6. The lowest BCUT2D eigenvalue weighted by molar-refractivity contribution is -0.137. The molecule has 15 amide bonds. The summed E-state index contributed by atoms with van der Waals surface area (Å²) in [5.41, 5.74) is 11.1. The Morgan fingerprint density at radius 1 is 0.500 bits per heavy atom. The SMILES string of the molecule is CN1CCN([C@@H]2CCCN(c3cnc(C(=O)NC4CN(C)C(=O)N4[C@H]4CCCN(c5cnc(C(N)=O)c(Nc6ccc(C(=O)N7CCN(Cc8ccc9c(c8)C(=O)N(C8CCC(=O)NC8=O)C9=O)CC7)cc6)n5)C4)c(Nc4ccc(N5CC6CN(CC7CN(c8ccc9c(c8)C(=O)N(C8CCC(=O)NC8=O)C9=O)C7)CC6C5)cc4)n3)C2)C1=O. The molecule has 7 N–H and O–H groups in total. The van der Waals surface area contributed by atoms with E-state index in [0.29, 0.717) is 131 Å². The molecule has 18 rings (SSSR count). The summed E-state index contributed by atoms with van der Waals surface area (Å²) >= 11 is 0. The molecule has 612 valence electrons. The van der Waals surface area contributed by atoms with Gasteiger partial charge in [0.05, 0.1) is 53.3 Å². The van der Waals surface area contributed by atoms with Crippen LogP contribution in [0.4, 0.5) is 55.6 Å². The number of piperidine rings is 4. The molecule has 36 nitrogen and oxygen atoms in total. The summed E-state index contributed by atoms with van der Waals surface area (Å²) in [4.78, 5) is 215.